The Kier molecular flexibility index (Phi) is 4.32. The number of amides is 1. The molecule has 0 aliphatic heterocycles. The Bertz CT molecular complexity index is 465. The molecule has 0 aliphatic carbocycles. The summed E-state index contributed by atoms with van der Waals surface area (Å²) in [6.07, 6.45) is -0.151. The number of carbonyl (C=O) groups is 1. The van der Waals surface area contributed by atoms with E-state index in [1.165, 1.54) is 0 Å². The van der Waals surface area contributed by atoms with Gasteiger partial charge in [0.25, 0.3) is 0 Å². The second-order valence-corrected chi connectivity index (χ2v) is 4.93. The van der Waals surface area contributed by atoms with Gasteiger partial charge in [-0.05, 0) is 27.7 Å². The Morgan fingerprint density at radius 3 is 2.83 bits per heavy atom. The average molecular weight is 250 g/mol. The Labute approximate surface area is 107 Å². The van der Waals surface area contributed by atoms with Crippen molar-refractivity contribution in [1.82, 2.24) is 9.78 Å². The molecule has 6 heteroatoms. The number of nitriles is 1. The van der Waals surface area contributed by atoms with Crippen molar-refractivity contribution in [1.29, 1.82) is 5.26 Å². The molecule has 0 atom stereocenters. The number of hydrogen-bond acceptors (Lipinski definition) is 4. The maximum atomic E-state index is 11.5. The average Bonchev–Trinajstić information content (AvgIpc) is 2.52. The standard InChI is InChI=1S/C12H18N4O2/c1-9-8-10(15-16(9)7-5-6-13)14-11(17)18-12(2,3)4/h8H,5,7H2,1-4H3,(H,14,15,17). The molecule has 1 rings (SSSR count). The first-order valence-electron chi connectivity index (χ1n) is 5.73. The van der Waals surface area contributed by atoms with Gasteiger partial charge in [-0.1, -0.05) is 0 Å². The molecule has 0 aliphatic rings. The summed E-state index contributed by atoms with van der Waals surface area (Å²) in [6, 6.07) is 3.79. The monoisotopic (exact) mass is 250 g/mol. The molecule has 0 bridgehead atoms. The third kappa shape index (κ3) is 4.45. The molecule has 6 nitrogen and oxygen atoms in total. The fourth-order valence-electron chi connectivity index (χ4n) is 1.36. The molecule has 0 saturated carbocycles. The maximum absolute atomic E-state index is 11.5. The molecule has 0 saturated heterocycles. The van der Waals surface area contributed by atoms with Gasteiger partial charge in [-0.2, -0.15) is 10.4 Å². The number of carbonyl (C=O) groups excluding carboxylic acids is 1. The third-order valence-electron chi connectivity index (χ3n) is 2.05. The lowest BCUT2D eigenvalue weighted by molar-refractivity contribution is 0.0635. The molecule has 1 amide bonds. The molecule has 0 unspecified atom stereocenters. The first kappa shape index (κ1) is 14.0. The normalized spacial score (nSPS) is 10.8. The number of rotatable bonds is 3. The van der Waals surface area contributed by atoms with Crippen molar-refractivity contribution in [2.75, 3.05) is 5.32 Å². The van der Waals surface area contributed by atoms with E-state index in [0.29, 0.717) is 18.8 Å². The van der Waals surface area contributed by atoms with Crippen LogP contribution in [0.5, 0.6) is 0 Å². The molecule has 1 aromatic rings. The van der Waals surface area contributed by atoms with E-state index >= 15 is 0 Å². The van der Waals surface area contributed by atoms with Crippen molar-refractivity contribution < 1.29 is 9.53 Å². The highest BCUT2D eigenvalue weighted by molar-refractivity contribution is 5.83. The van der Waals surface area contributed by atoms with Gasteiger partial charge in [-0.25, -0.2) is 4.79 Å². The summed E-state index contributed by atoms with van der Waals surface area (Å²) in [5, 5.41) is 15.2. The molecule has 18 heavy (non-hydrogen) atoms. The smallest absolute Gasteiger partial charge is 0.413 e. The first-order chi connectivity index (χ1) is 8.31. The minimum absolute atomic E-state index is 0.383. The molecule has 0 fully saturated rings. The minimum atomic E-state index is -0.539. The SMILES string of the molecule is Cc1cc(NC(=O)OC(C)(C)C)nn1CCC#N. The predicted molar refractivity (Wildman–Crippen MR) is 67.1 cm³/mol. The quantitative estimate of drug-likeness (QED) is 0.893. The fourth-order valence-corrected chi connectivity index (χ4v) is 1.36. The zero-order chi connectivity index (χ0) is 13.8. The lowest BCUT2D eigenvalue weighted by atomic mass is 10.2. The van der Waals surface area contributed by atoms with Crippen LogP contribution in [-0.4, -0.2) is 21.5 Å². The molecular formula is C12H18N4O2. The molecule has 1 N–H and O–H groups in total. The van der Waals surface area contributed by atoms with Crippen LogP contribution in [0.2, 0.25) is 0 Å². The second kappa shape index (κ2) is 5.54. The van der Waals surface area contributed by atoms with Gasteiger partial charge in [0.1, 0.15) is 5.60 Å². The number of hydrogen-bond donors (Lipinski definition) is 1. The van der Waals surface area contributed by atoms with Gasteiger partial charge in [0.15, 0.2) is 5.82 Å². The molecule has 0 spiro atoms. The summed E-state index contributed by atoms with van der Waals surface area (Å²) in [5.74, 6) is 0.430. The zero-order valence-corrected chi connectivity index (χ0v) is 11.1. The molecule has 0 aromatic carbocycles. The molecule has 1 aromatic heterocycles. The summed E-state index contributed by atoms with van der Waals surface area (Å²) in [5.41, 5.74) is 0.346. The second-order valence-electron chi connectivity index (χ2n) is 4.93. The molecular weight excluding hydrogens is 232 g/mol. The fraction of sp³-hybridized carbons (Fsp3) is 0.583. The maximum Gasteiger partial charge on any atom is 0.413 e. The highest BCUT2D eigenvalue weighted by Crippen LogP contribution is 2.12. The van der Waals surface area contributed by atoms with Crippen LogP contribution in [0.15, 0.2) is 6.07 Å². The first-order valence-corrected chi connectivity index (χ1v) is 5.73. The van der Waals surface area contributed by atoms with Crippen molar-refractivity contribution in [2.45, 2.75) is 46.3 Å². The van der Waals surface area contributed by atoms with Crippen LogP contribution < -0.4 is 5.32 Å². The van der Waals surface area contributed by atoms with E-state index in [-0.39, 0.29) is 0 Å². The van der Waals surface area contributed by atoms with Gasteiger partial charge in [-0.15, -0.1) is 0 Å². The summed E-state index contributed by atoms with van der Waals surface area (Å²) in [6.45, 7) is 7.76. The van der Waals surface area contributed by atoms with E-state index in [4.69, 9.17) is 10.00 Å². The van der Waals surface area contributed by atoms with Gasteiger partial charge >= 0.3 is 6.09 Å². The minimum Gasteiger partial charge on any atom is -0.444 e. The van der Waals surface area contributed by atoms with Crippen LogP contribution in [0.4, 0.5) is 10.6 Å². The number of nitrogens with one attached hydrogen (secondary N) is 1. The molecule has 1 heterocycles. The lowest BCUT2D eigenvalue weighted by Gasteiger charge is -2.19. The van der Waals surface area contributed by atoms with Crippen LogP contribution in [0.1, 0.15) is 32.9 Å². The van der Waals surface area contributed by atoms with E-state index in [0.717, 1.165) is 5.69 Å². The van der Waals surface area contributed by atoms with E-state index < -0.39 is 11.7 Å². The number of aryl methyl sites for hydroxylation is 2. The van der Waals surface area contributed by atoms with Gasteiger partial charge in [0, 0.05) is 11.8 Å². The van der Waals surface area contributed by atoms with Gasteiger partial charge in [0.05, 0.1) is 19.0 Å². The highest BCUT2D eigenvalue weighted by atomic mass is 16.6. The predicted octanol–water partition coefficient (Wildman–Crippen LogP) is 2.45. The van der Waals surface area contributed by atoms with Crippen LogP contribution >= 0.6 is 0 Å². The number of nitrogens with zero attached hydrogens (tertiary/aromatic N) is 3. The Balaban J connectivity index is 2.63. The van der Waals surface area contributed by atoms with Crippen molar-refractivity contribution in [3.8, 4) is 6.07 Å². The van der Waals surface area contributed by atoms with E-state index in [1.807, 2.05) is 6.92 Å². The molecule has 0 radical (unpaired) electrons. The van der Waals surface area contributed by atoms with Crippen LogP contribution in [0.25, 0.3) is 0 Å². The van der Waals surface area contributed by atoms with E-state index in [9.17, 15) is 4.79 Å². The van der Waals surface area contributed by atoms with Crippen LogP contribution in [0, 0.1) is 18.3 Å². The Hall–Kier alpha value is -2.03. The number of ether oxygens (including phenoxy) is 1. The van der Waals surface area contributed by atoms with Gasteiger partial charge in [0.2, 0.25) is 0 Å². The van der Waals surface area contributed by atoms with Crippen LogP contribution in [0.3, 0.4) is 0 Å². The third-order valence-corrected chi connectivity index (χ3v) is 2.05. The summed E-state index contributed by atoms with van der Waals surface area (Å²) in [7, 11) is 0. The topological polar surface area (TPSA) is 79.9 Å². The molecule has 98 valence electrons. The van der Waals surface area contributed by atoms with Crippen molar-refractivity contribution in [2.24, 2.45) is 0 Å². The zero-order valence-electron chi connectivity index (χ0n) is 11.1. The largest absolute Gasteiger partial charge is 0.444 e. The summed E-state index contributed by atoms with van der Waals surface area (Å²) >= 11 is 0. The van der Waals surface area contributed by atoms with Gasteiger partial charge in [-0.3, -0.25) is 10.00 Å². The van der Waals surface area contributed by atoms with E-state index in [2.05, 4.69) is 16.5 Å². The summed E-state index contributed by atoms with van der Waals surface area (Å²) in [4.78, 5) is 11.5. The summed E-state index contributed by atoms with van der Waals surface area (Å²) < 4.78 is 6.80. The lowest BCUT2D eigenvalue weighted by Crippen LogP contribution is -2.27. The highest BCUT2D eigenvalue weighted by Gasteiger charge is 2.17. The van der Waals surface area contributed by atoms with Crippen LogP contribution in [-0.2, 0) is 11.3 Å². The number of aromatic nitrogens is 2. The Morgan fingerprint density at radius 1 is 1.61 bits per heavy atom. The van der Waals surface area contributed by atoms with E-state index in [1.54, 1.807) is 31.5 Å². The van der Waals surface area contributed by atoms with Crippen molar-refractivity contribution in [3.05, 3.63) is 11.8 Å². The Morgan fingerprint density at radius 2 is 2.28 bits per heavy atom. The van der Waals surface area contributed by atoms with Crippen molar-refractivity contribution in [3.63, 3.8) is 0 Å². The number of anilines is 1. The van der Waals surface area contributed by atoms with Gasteiger partial charge < -0.3 is 4.74 Å². The van der Waals surface area contributed by atoms with Crippen molar-refractivity contribution >= 4 is 11.9 Å².